The van der Waals surface area contributed by atoms with Crippen molar-refractivity contribution in [3.05, 3.63) is 23.7 Å². The zero-order valence-corrected chi connectivity index (χ0v) is 8.69. The number of rotatable bonds is 5. The molecule has 0 bridgehead atoms. The van der Waals surface area contributed by atoms with Gasteiger partial charge in [0, 0.05) is 0 Å². The summed E-state index contributed by atoms with van der Waals surface area (Å²) in [5, 5.41) is 11.9. The molecular formula is C11H15NO3. The summed E-state index contributed by atoms with van der Waals surface area (Å²) in [4.78, 5) is 10.6. The third-order valence-corrected chi connectivity index (χ3v) is 2.74. The minimum Gasteiger partial charge on any atom is -0.481 e. The highest BCUT2D eigenvalue weighted by Crippen LogP contribution is 2.37. The van der Waals surface area contributed by atoms with Crippen LogP contribution in [0.2, 0.25) is 0 Å². The molecule has 1 aromatic heterocycles. The van der Waals surface area contributed by atoms with Gasteiger partial charge in [0.1, 0.15) is 11.5 Å². The van der Waals surface area contributed by atoms with Gasteiger partial charge in [0.15, 0.2) is 0 Å². The molecule has 0 radical (unpaired) electrons. The quantitative estimate of drug-likeness (QED) is 0.769. The number of aliphatic carboxylic acids is 1. The SMILES string of the molecule is Cc1ccc(CNCC2CC2C(=O)O)o1. The van der Waals surface area contributed by atoms with Gasteiger partial charge in [0.25, 0.3) is 0 Å². The number of hydrogen-bond acceptors (Lipinski definition) is 3. The molecule has 15 heavy (non-hydrogen) atoms. The first-order chi connectivity index (χ1) is 7.16. The van der Waals surface area contributed by atoms with Crippen LogP contribution in [0.25, 0.3) is 0 Å². The van der Waals surface area contributed by atoms with Gasteiger partial charge in [-0.1, -0.05) is 0 Å². The van der Waals surface area contributed by atoms with Crippen LogP contribution in [-0.4, -0.2) is 17.6 Å². The molecule has 1 fully saturated rings. The third-order valence-electron chi connectivity index (χ3n) is 2.74. The van der Waals surface area contributed by atoms with Crippen molar-refractivity contribution in [2.24, 2.45) is 11.8 Å². The van der Waals surface area contributed by atoms with E-state index in [1.807, 2.05) is 19.1 Å². The van der Waals surface area contributed by atoms with Crippen LogP contribution in [0.3, 0.4) is 0 Å². The van der Waals surface area contributed by atoms with Crippen molar-refractivity contribution in [3.63, 3.8) is 0 Å². The summed E-state index contributed by atoms with van der Waals surface area (Å²) in [6, 6.07) is 3.86. The molecule has 2 N–H and O–H groups in total. The first-order valence-electron chi connectivity index (χ1n) is 5.15. The molecule has 2 atom stereocenters. The fraction of sp³-hybridized carbons (Fsp3) is 0.545. The van der Waals surface area contributed by atoms with Crippen LogP contribution in [0.4, 0.5) is 0 Å². The zero-order chi connectivity index (χ0) is 10.8. The van der Waals surface area contributed by atoms with Gasteiger partial charge < -0.3 is 14.8 Å². The summed E-state index contributed by atoms with van der Waals surface area (Å²) in [5.74, 6) is 1.31. The van der Waals surface area contributed by atoms with Gasteiger partial charge in [-0.15, -0.1) is 0 Å². The zero-order valence-electron chi connectivity index (χ0n) is 8.69. The van der Waals surface area contributed by atoms with E-state index in [0.29, 0.717) is 12.5 Å². The lowest BCUT2D eigenvalue weighted by molar-refractivity contribution is -0.138. The molecular weight excluding hydrogens is 194 g/mol. The minimum absolute atomic E-state index is 0.129. The summed E-state index contributed by atoms with van der Waals surface area (Å²) in [5.41, 5.74) is 0. The molecule has 1 aromatic rings. The second-order valence-electron chi connectivity index (χ2n) is 4.08. The highest BCUT2D eigenvalue weighted by molar-refractivity contribution is 5.73. The van der Waals surface area contributed by atoms with Crippen molar-refractivity contribution < 1.29 is 14.3 Å². The molecule has 1 saturated carbocycles. The maximum Gasteiger partial charge on any atom is 0.306 e. The van der Waals surface area contributed by atoms with E-state index in [0.717, 1.165) is 24.5 Å². The van der Waals surface area contributed by atoms with Gasteiger partial charge >= 0.3 is 5.97 Å². The molecule has 0 aromatic carbocycles. The first kappa shape index (κ1) is 10.2. The largest absolute Gasteiger partial charge is 0.481 e. The van der Waals surface area contributed by atoms with Crippen molar-refractivity contribution >= 4 is 5.97 Å². The van der Waals surface area contributed by atoms with Crippen LogP contribution in [0, 0.1) is 18.8 Å². The van der Waals surface area contributed by atoms with Crippen LogP contribution < -0.4 is 5.32 Å². The van der Waals surface area contributed by atoms with Crippen molar-refractivity contribution in [1.82, 2.24) is 5.32 Å². The second kappa shape index (κ2) is 4.06. The van der Waals surface area contributed by atoms with Crippen LogP contribution in [-0.2, 0) is 11.3 Å². The number of aryl methyl sites for hydroxylation is 1. The van der Waals surface area contributed by atoms with Crippen molar-refractivity contribution in [2.75, 3.05) is 6.54 Å². The van der Waals surface area contributed by atoms with Crippen molar-refractivity contribution in [2.45, 2.75) is 19.9 Å². The molecule has 0 saturated heterocycles. The average molecular weight is 209 g/mol. The lowest BCUT2D eigenvalue weighted by atomic mass is 10.3. The summed E-state index contributed by atoms with van der Waals surface area (Å²) >= 11 is 0. The van der Waals surface area contributed by atoms with E-state index in [1.165, 1.54) is 0 Å². The predicted molar refractivity (Wildman–Crippen MR) is 54.4 cm³/mol. The molecule has 0 amide bonds. The monoisotopic (exact) mass is 209 g/mol. The van der Waals surface area contributed by atoms with Gasteiger partial charge in [-0.25, -0.2) is 0 Å². The predicted octanol–water partition coefficient (Wildman–Crippen LogP) is 1.40. The molecule has 2 rings (SSSR count). The molecule has 4 heteroatoms. The summed E-state index contributed by atoms with van der Waals surface area (Å²) in [7, 11) is 0. The Balaban J connectivity index is 1.66. The maximum atomic E-state index is 10.6. The Morgan fingerprint density at radius 1 is 1.67 bits per heavy atom. The Morgan fingerprint density at radius 2 is 2.47 bits per heavy atom. The van der Waals surface area contributed by atoms with E-state index in [4.69, 9.17) is 9.52 Å². The Hall–Kier alpha value is -1.29. The van der Waals surface area contributed by atoms with E-state index in [9.17, 15) is 4.79 Å². The van der Waals surface area contributed by atoms with E-state index in [1.54, 1.807) is 0 Å². The number of carboxylic acids is 1. The first-order valence-corrected chi connectivity index (χ1v) is 5.15. The fourth-order valence-electron chi connectivity index (χ4n) is 1.74. The Bertz CT molecular complexity index is 358. The Labute approximate surface area is 88.3 Å². The lowest BCUT2D eigenvalue weighted by Crippen LogP contribution is -2.17. The Morgan fingerprint density at radius 3 is 3.00 bits per heavy atom. The highest BCUT2D eigenvalue weighted by Gasteiger charge is 2.42. The maximum absolute atomic E-state index is 10.6. The Kier molecular flexibility index (Phi) is 2.77. The lowest BCUT2D eigenvalue weighted by Gasteiger charge is -2.00. The third kappa shape index (κ3) is 2.59. The van der Waals surface area contributed by atoms with Gasteiger partial charge in [-0.3, -0.25) is 4.79 Å². The normalized spacial score (nSPS) is 24.1. The second-order valence-corrected chi connectivity index (χ2v) is 4.08. The minimum atomic E-state index is -0.671. The molecule has 0 aliphatic heterocycles. The summed E-state index contributed by atoms with van der Waals surface area (Å²) in [6.45, 7) is 3.35. The van der Waals surface area contributed by atoms with E-state index < -0.39 is 5.97 Å². The van der Waals surface area contributed by atoms with E-state index in [2.05, 4.69) is 5.32 Å². The van der Waals surface area contributed by atoms with Gasteiger partial charge in [0.05, 0.1) is 12.5 Å². The molecule has 2 unspecified atom stereocenters. The standard InChI is InChI=1S/C11H15NO3/c1-7-2-3-9(15-7)6-12-5-8-4-10(8)11(13)14/h2-3,8,10,12H,4-6H2,1H3,(H,13,14). The number of carboxylic acid groups (broad SMARTS) is 1. The van der Waals surface area contributed by atoms with Crippen LogP contribution in [0.15, 0.2) is 16.5 Å². The molecule has 4 nitrogen and oxygen atoms in total. The van der Waals surface area contributed by atoms with Crippen molar-refractivity contribution in [3.8, 4) is 0 Å². The van der Waals surface area contributed by atoms with Gasteiger partial charge in [0.2, 0.25) is 0 Å². The molecule has 1 aliphatic carbocycles. The summed E-state index contributed by atoms with van der Waals surface area (Å²) < 4.78 is 5.38. The molecule has 0 spiro atoms. The summed E-state index contributed by atoms with van der Waals surface area (Å²) in [6.07, 6.45) is 0.805. The van der Waals surface area contributed by atoms with Crippen LogP contribution in [0.1, 0.15) is 17.9 Å². The number of hydrogen-bond donors (Lipinski definition) is 2. The average Bonchev–Trinajstić information content (AvgIpc) is 2.83. The fourth-order valence-corrected chi connectivity index (χ4v) is 1.74. The van der Waals surface area contributed by atoms with Crippen molar-refractivity contribution in [1.29, 1.82) is 0 Å². The van der Waals surface area contributed by atoms with Gasteiger partial charge in [-0.2, -0.15) is 0 Å². The highest BCUT2D eigenvalue weighted by atomic mass is 16.4. The molecule has 1 heterocycles. The molecule has 1 aliphatic rings. The van der Waals surface area contributed by atoms with E-state index >= 15 is 0 Å². The smallest absolute Gasteiger partial charge is 0.306 e. The number of furan rings is 1. The van der Waals surface area contributed by atoms with Gasteiger partial charge in [-0.05, 0) is 37.9 Å². The molecule has 82 valence electrons. The van der Waals surface area contributed by atoms with Crippen LogP contribution >= 0.6 is 0 Å². The number of nitrogens with one attached hydrogen (secondary N) is 1. The topological polar surface area (TPSA) is 62.5 Å². The van der Waals surface area contributed by atoms with Crippen LogP contribution in [0.5, 0.6) is 0 Å². The van der Waals surface area contributed by atoms with E-state index in [-0.39, 0.29) is 5.92 Å². The number of carbonyl (C=O) groups is 1.